The maximum absolute atomic E-state index is 13.2. The lowest BCUT2D eigenvalue weighted by Gasteiger charge is -2.57. The van der Waals surface area contributed by atoms with Crippen LogP contribution in [0.25, 0.3) is 0 Å². The first-order valence-electron chi connectivity index (χ1n) is 8.43. The molecule has 0 saturated heterocycles. The van der Waals surface area contributed by atoms with E-state index in [9.17, 15) is 4.79 Å². The molecule has 0 radical (unpaired) electrons. The van der Waals surface area contributed by atoms with E-state index >= 15 is 0 Å². The Morgan fingerprint density at radius 2 is 1.32 bits per heavy atom. The van der Waals surface area contributed by atoms with Crippen molar-refractivity contribution in [2.24, 2.45) is 28.9 Å². The van der Waals surface area contributed by atoms with Crippen LogP contribution in [0.2, 0.25) is 0 Å². The standard InChI is InChI=1S/C17H27NO/c18-17(4-2-1-3-5-17)15(19)16-9-12-6-13(10-16)8-14(7-12)11-16/h12-14H,1-11,18H2. The van der Waals surface area contributed by atoms with Gasteiger partial charge in [0.25, 0.3) is 0 Å². The number of ketones is 1. The predicted octanol–water partition coefficient (Wildman–Crippen LogP) is 3.43. The number of hydrogen-bond donors (Lipinski definition) is 1. The molecule has 0 aromatic carbocycles. The molecule has 2 heteroatoms. The summed E-state index contributed by atoms with van der Waals surface area (Å²) in [5.74, 6) is 3.03. The largest absolute Gasteiger partial charge is 0.319 e. The number of Topliss-reactive ketones (excluding diaryl/α,β-unsaturated/α-hetero) is 1. The summed E-state index contributed by atoms with van der Waals surface area (Å²) in [6.07, 6.45) is 13.3. The summed E-state index contributed by atoms with van der Waals surface area (Å²) in [5.41, 5.74) is 6.13. The average Bonchev–Trinajstić information content (AvgIpc) is 2.37. The summed E-state index contributed by atoms with van der Waals surface area (Å²) in [7, 11) is 0. The molecule has 5 saturated carbocycles. The number of carbonyl (C=O) groups excluding carboxylic acids is 1. The van der Waals surface area contributed by atoms with Crippen LogP contribution in [0.5, 0.6) is 0 Å². The smallest absolute Gasteiger partial charge is 0.158 e. The van der Waals surface area contributed by atoms with Crippen molar-refractivity contribution in [1.82, 2.24) is 0 Å². The van der Waals surface area contributed by atoms with Gasteiger partial charge in [-0.05, 0) is 69.1 Å². The fourth-order valence-electron chi connectivity index (χ4n) is 6.33. The van der Waals surface area contributed by atoms with E-state index in [2.05, 4.69) is 0 Å². The predicted molar refractivity (Wildman–Crippen MR) is 75.6 cm³/mol. The molecule has 19 heavy (non-hydrogen) atoms. The zero-order valence-corrected chi connectivity index (χ0v) is 12.0. The normalized spacial score (nSPS) is 47.3. The van der Waals surface area contributed by atoms with E-state index in [4.69, 9.17) is 5.73 Å². The summed E-state index contributed by atoms with van der Waals surface area (Å²) in [6, 6.07) is 0. The molecule has 0 heterocycles. The van der Waals surface area contributed by atoms with Gasteiger partial charge in [0.2, 0.25) is 0 Å². The van der Waals surface area contributed by atoms with Crippen LogP contribution in [-0.4, -0.2) is 11.3 Å². The first-order valence-corrected chi connectivity index (χ1v) is 8.43. The molecule has 0 aromatic heterocycles. The molecular formula is C17H27NO. The van der Waals surface area contributed by atoms with E-state index in [0.717, 1.165) is 43.4 Å². The van der Waals surface area contributed by atoms with Crippen LogP contribution in [0, 0.1) is 23.2 Å². The summed E-state index contributed by atoms with van der Waals surface area (Å²) in [6.45, 7) is 0. The third kappa shape index (κ3) is 1.82. The van der Waals surface area contributed by atoms with E-state index in [1.54, 1.807) is 0 Å². The van der Waals surface area contributed by atoms with Gasteiger partial charge in [-0.15, -0.1) is 0 Å². The second-order valence-corrected chi connectivity index (χ2v) is 8.24. The zero-order valence-electron chi connectivity index (χ0n) is 12.0. The van der Waals surface area contributed by atoms with Crippen molar-refractivity contribution in [2.45, 2.75) is 76.2 Å². The van der Waals surface area contributed by atoms with Crippen LogP contribution < -0.4 is 5.73 Å². The van der Waals surface area contributed by atoms with Crippen molar-refractivity contribution in [3.63, 3.8) is 0 Å². The summed E-state index contributed by atoms with van der Waals surface area (Å²) in [4.78, 5) is 13.2. The molecule has 2 nitrogen and oxygen atoms in total. The highest BCUT2D eigenvalue weighted by molar-refractivity contribution is 5.93. The van der Waals surface area contributed by atoms with Gasteiger partial charge in [-0.2, -0.15) is 0 Å². The van der Waals surface area contributed by atoms with E-state index in [-0.39, 0.29) is 5.41 Å². The van der Waals surface area contributed by atoms with Crippen molar-refractivity contribution in [3.8, 4) is 0 Å². The Hall–Kier alpha value is -0.370. The van der Waals surface area contributed by atoms with Crippen LogP contribution >= 0.6 is 0 Å². The Morgan fingerprint density at radius 1 is 0.842 bits per heavy atom. The number of hydrogen-bond acceptors (Lipinski definition) is 2. The maximum Gasteiger partial charge on any atom is 0.158 e. The van der Waals surface area contributed by atoms with Crippen LogP contribution in [0.4, 0.5) is 0 Å². The SMILES string of the molecule is NC1(C(=O)C23CC4CC(CC(C4)C2)C3)CCCCC1. The molecule has 0 aliphatic heterocycles. The molecule has 0 aromatic rings. The minimum Gasteiger partial charge on any atom is -0.319 e. The van der Waals surface area contributed by atoms with E-state index in [1.165, 1.54) is 44.9 Å². The Labute approximate surface area is 116 Å². The van der Waals surface area contributed by atoms with Crippen molar-refractivity contribution in [1.29, 1.82) is 0 Å². The molecule has 4 bridgehead atoms. The quantitative estimate of drug-likeness (QED) is 0.827. The lowest BCUT2D eigenvalue weighted by Crippen LogP contribution is -2.60. The van der Waals surface area contributed by atoms with Crippen molar-refractivity contribution >= 4 is 5.78 Å². The van der Waals surface area contributed by atoms with Gasteiger partial charge in [-0.25, -0.2) is 0 Å². The fourth-order valence-corrected chi connectivity index (χ4v) is 6.33. The van der Waals surface area contributed by atoms with Crippen LogP contribution in [0.15, 0.2) is 0 Å². The van der Waals surface area contributed by atoms with Gasteiger partial charge in [0.15, 0.2) is 5.78 Å². The third-order valence-corrected chi connectivity index (χ3v) is 6.72. The van der Waals surface area contributed by atoms with Gasteiger partial charge in [0.05, 0.1) is 5.54 Å². The van der Waals surface area contributed by atoms with Crippen LogP contribution in [0.3, 0.4) is 0 Å². The Morgan fingerprint density at radius 3 is 1.79 bits per heavy atom. The highest BCUT2D eigenvalue weighted by atomic mass is 16.1. The molecule has 106 valence electrons. The minimum absolute atomic E-state index is 0.0147. The summed E-state index contributed by atoms with van der Waals surface area (Å²) < 4.78 is 0. The topological polar surface area (TPSA) is 43.1 Å². The van der Waals surface area contributed by atoms with Gasteiger partial charge in [-0.1, -0.05) is 19.3 Å². The number of nitrogens with two attached hydrogens (primary N) is 1. The average molecular weight is 261 g/mol. The lowest BCUT2D eigenvalue weighted by molar-refractivity contribution is -0.150. The molecule has 5 aliphatic carbocycles. The number of rotatable bonds is 2. The zero-order chi connectivity index (χ0) is 13.1. The molecule has 5 aliphatic rings. The minimum atomic E-state index is -0.454. The van der Waals surface area contributed by atoms with Crippen LogP contribution in [-0.2, 0) is 4.79 Å². The summed E-state index contributed by atoms with van der Waals surface area (Å²) in [5, 5.41) is 0. The molecule has 0 atom stereocenters. The maximum atomic E-state index is 13.2. The highest BCUT2D eigenvalue weighted by Gasteiger charge is 2.57. The first kappa shape index (κ1) is 12.4. The molecule has 5 rings (SSSR count). The Kier molecular flexibility index (Phi) is 2.65. The summed E-state index contributed by atoms with van der Waals surface area (Å²) >= 11 is 0. The van der Waals surface area contributed by atoms with Gasteiger partial charge in [-0.3, -0.25) is 4.79 Å². The third-order valence-electron chi connectivity index (χ3n) is 6.72. The van der Waals surface area contributed by atoms with Gasteiger partial charge in [0, 0.05) is 5.41 Å². The second kappa shape index (κ2) is 4.07. The molecule has 2 N–H and O–H groups in total. The lowest BCUT2D eigenvalue weighted by atomic mass is 9.46. The van der Waals surface area contributed by atoms with Gasteiger partial charge in [0.1, 0.15) is 0 Å². The molecule has 0 amide bonds. The van der Waals surface area contributed by atoms with Gasteiger partial charge >= 0.3 is 0 Å². The monoisotopic (exact) mass is 261 g/mol. The highest BCUT2D eigenvalue weighted by Crippen LogP contribution is 2.61. The van der Waals surface area contributed by atoms with Gasteiger partial charge < -0.3 is 5.73 Å². The molecule has 5 fully saturated rings. The van der Waals surface area contributed by atoms with E-state index < -0.39 is 5.54 Å². The van der Waals surface area contributed by atoms with Crippen molar-refractivity contribution < 1.29 is 4.79 Å². The number of carbonyl (C=O) groups is 1. The molecular weight excluding hydrogens is 234 g/mol. The van der Waals surface area contributed by atoms with Crippen molar-refractivity contribution in [3.05, 3.63) is 0 Å². The Balaban J connectivity index is 1.62. The molecule has 0 spiro atoms. The van der Waals surface area contributed by atoms with E-state index in [1.807, 2.05) is 0 Å². The second-order valence-electron chi connectivity index (χ2n) is 8.24. The first-order chi connectivity index (χ1) is 9.10. The fraction of sp³-hybridized carbons (Fsp3) is 0.941. The van der Waals surface area contributed by atoms with E-state index in [0.29, 0.717) is 5.78 Å². The van der Waals surface area contributed by atoms with Crippen LogP contribution in [0.1, 0.15) is 70.6 Å². The Bertz CT molecular complexity index is 359. The molecule has 0 unspecified atom stereocenters. The van der Waals surface area contributed by atoms with Crippen molar-refractivity contribution in [2.75, 3.05) is 0 Å².